The molecule has 36 heavy (non-hydrogen) atoms. The van der Waals surface area contributed by atoms with Crippen LogP contribution in [0.5, 0.6) is 0 Å². The zero-order valence-corrected chi connectivity index (χ0v) is 41.3. The van der Waals surface area contributed by atoms with Crippen molar-refractivity contribution in [1.29, 1.82) is 0 Å². The van der Waals surface area contributed by atoms with Gasteiger partial charge in [-0.05, 0) is 95.6 Å². The zero-order chi connectivity index (χ0) is 29.2. The third-order valence-electron chi connectivity index (χ3n) is 4.69. The number of hydrogen-bond acceptors (Lipinski definition) is 3. The predicted molar refractivity (Wildman–Crippen MR) is 204 cm³/mol. The van der Waals surface area contributed by atoms with E-state index in [2.05, 4.69) is 239 Å². The third kappa shape index (κ3) is 6.88. The maximum atomic E-state index is 14.1. The molecule has 1 aromatic heterocycles. The molecule has 1 aromatic rings. The Morgan fingerprint density at radius 3 is 0.694 bits per heavy atom. The second-order valence-electron chi connectivity index (χ2n) is 7.19. The van der Waals surface area contributed by atoms with Gasteiger partial charge in [-0.1, -0.05) is 164 Å². The lowest BCUT2D eigenvalue weighted by Gasteiger charge is -2.42. The van der Waals surface area contributed by atoms with Crippen molar-refractivity contribution in [2.75, 3.05) is 0 Å². The van der Waals surface area contributed by atoms with Gasteiger partial charge in [-0.2, -0.15) is 0 Å². The van der Waals surface area contributed by atoms with Gasteiger partial charge < -0.3 is 0 Å². The molecule has 0 aliphatic carbocycles. The van der Waals surface area contributed by atoms with Crippen molar-refractivity contribution in [3.8, 4) is 0 Å². The molecule has 3 unspecified atom stereocenters. The summed E-state index contributed by atoms with van der Waals surface area (Å²) < 4.78 is -5.77. The molecule has 6 nitrogen and oxygen atoms in total. The maximum Gasteiger partial charge on any atom is 0.340 e. The Kier molecular flexibility index (Phi) is 14.9. The molecule has 0 fully saturated rings. The van der Waals surface area contributed by atoms with Crippen LogP contribution in [-0.4, -0.2) is 37.9 Å². The van der Waals surface area contributed by atoms with Crippen LogP contribution in [0.2, 0.25) is 0 Å². The fourth-order valence-corrected chi connectivity index (χ4v) is 10.2. The lowest BCUT2D eigenvalue weighted by atomic mass is 10.3. The molecule has 0 aliphatic heterocycles. The van der Waals surface area contributed by atoms with Crippen molar-refractivity contribution in [2.45, 2.75) is 55.0 Å². The molecule has 210 valence electrons. The first-order valence-electron chi connectivity index (χ1n) is 8.90. The molecule has 0 amide bonds. The molecule has 1 rings (SSSR count). The van der Waals surface area contributed by atoms with E-state index in [1.807, 2.05) is 0 Å². The summed E-state index contributed by atoms with van der Waals surface area (Å²) in [7, 11) is 0. The van der Waals surface area contributed by atoms with Gasteiger partial charge in [-0.25, -0.2) is 28.1 Å². The molecule has 0 spiro atoms. The lowest BCUT2D eigenvalue weighted by Crippen LogP contribution is -2.68. The van der Waals surface area contributed by atoms with E-state index in [9.17, 15) is 14.4 Å². The van der Waals surface area contributed by atoms with Gasteiger partial charge in [0, 0.05) is 14.5 Å². The van der Waals surface area contributed by atoms with Crippen LogP contribution < -0.4 is 17.1 Å². The van der Waals surface area contributed by atoms with Crippen LogP contribution in [0.1, 0.15) is 20.8 Å². The minimum absolute atomic E-state index is 0.359. The van der Waals surface area contributed by atoms with Crippen molar-refractivity contribution in [2.24, 2.45) is 0 Å². The second-order valence-corrected chi connectivity index (χ2v) is 32.1. The van der Waals surface area contributed by atoms with E-state index in [4.69, 9.17) is 0 Å². The van der Waals surface area contributed by atoms with Gasteiger partial charge in [0.25, 0.3) is 0 Å². The fraction of sp³-hybridized carbons (Fsp3) is 0.800. The first-order valence-corrected chi connectivity index (χ1v) is 21.2. The molecule has 1 heterocycles. The van der Waals surface area contributed by atoms with Crippen molar-refractivity contribution in [3.63, 3.8) is 0 Å². The average Bonchev–Trinajstić information content (AvgIpc) is 2.65. The van der Waals surface area contributed by atoms with Crippen LogP contribution in [0.4, 0.5) is 0 Å². The third-order valence-corrected chi connectivity index (χ3v) is 30.3. The maximum absolute atomic E-state index is 14.1. The summed E-state index contributed by atoms with van der Waals surface area (Å²) >= 11 is 52.7. The van der Waals surface area contributed by atoms with E-state index < -0.39 is 36.8 Å². The van der Waals surface area contributed by atoms with Crippen molar-refractivity contribution >= 4 is 239 Å². The Hall–Kier alpha value is 5.61. The summed E-state index contributed by atoms with van der Waals surface area (Å²) in [5.41, 5.74) is -2.89. The summed E-state index contributed by atoms with van der Waals surface area (Å²) in [5.74, 6) is 0. The van der Waals surface area contributed by atoms with E-state index in [0.29, 0.717) is 0 Å². The van der Waals surface area contributed by atoms with Gasteiger partial charge in [0.2, 0.25) is 0 Å². The van der Waals surface area contributed by atoms with Crippen LogP contribution in [0.15, 0.2) is 14.4 Å². The average molecular weight is 1480 g/mol. The van der Waals surface area contributed by atoms with Gasteiger partial charge in [0.15, 0.2) is 10.1 Å². The highest BCUT2D eigenvalue weighted by atomic mass is 79.9. The van der Waals surface area contributed by atoms with Gasteiger partial charge in [0.1, 0.15) is 9.70 Å². The molecule has 0 saturated heterocycles. The smallest absolute Gasteiger partial charge is 0.247 e. The van der Waals surface area contributed by atoms with Crippen LogP contribution in [-0.2, 0) is 10.1 Å². The van der Waals surface area contributed by atoms with Gasteiger partial charge in [-0.3, -0.25) is 0 Å². The highest BCUT2D eigenvalue weighted by Crippen LogP contribution is 2.58. The summed E-state index contributed by atoms with van der Waals surface area (Å²) in [6.07, 6.45) is 0. The molecule has 21 heteroatoms. The number of alkyl halides is 15. The monoisotopic (exact) mass is 1470 g/mol. The number of aromatic nitrogens is 3. The van der Waals surface area contributed by atoms with E-state index in [0.717, 1.165) is 13.7 Å². The highest BCUT2D eigenvalue weighted by molar-refractivity contribution is 9.31. The Labute approximate surface area is 333 Å². The largest absolute Gasteiger partial charge is 0.340 e. The van der Waals surface area contributed by atoms with Crippen molar-refractivity contribution in [3.05, 3.63) is 31.5 Å². The topological polar surface area (TPSA) is 66.0 Å². The SMILES string of the molecule is CC(Br)C(Br)(Br)C(Br)(Br)n1c(=O)n(C(Br)(Br)C(Br)(Br)C(C)Br)c(=O)n(C(Br)(Br)C(Br)(Br)C(C)Br)c1=O. The van der Waals surface area contributed by atoms with Gasteiger partial charge in [-0.15, -0.1) is 0 Å². The highest BCUT2D eigenvalue weighted by Gasteiger charge is 2.58. The number of hydrogen-bond donors (Lipinski definition) is 0. The van der Waals surface area contributed by atoms with Crippen LogP contribution in [0.3, 0.4) is 0 Å². The van der Waals surface area contributed by atoms with Crippen molar-refractivity contribution in [1.82, 2.24) is 13.7 Å². The first-order chi connectivity index (χ1) is 15.7. The predicted octanol–water partition coefficient (Wildman–Crippen LogP) is 10.2. The first kappa shape index (κ1) is 39.6. The van der Waals surface area contributed by atoms with E-state index in [1.54, 1.807) is 20.8 Å². The summed E-state index contributed by atoms with van der Waals surface area (Å²) in [5, 5.41) is 0. The summed E-state index contributed by atoms with van der Waals surface area (Å²) in [6.45, 7) is 5.38. The lowest BCUT2D eigenvalue weighted by molar-refractivity contribution is 0.393. The Morgan fingerprint density at radius 1 is 0.444 bits per heavy atom. The zero-order valence-electron chi connectivity index (χ0n) is 17.5. The van der Waals surface area contributed by atoms with Gasteiger partial charge >= 0.3 is 17.1 Å². The fourth-order valence-electron chi connectivity index (χ4n) is 2.43. The molecular formula is C15H12Br15N3O3. The Morgan fingerprint density at radius 2 is 0.583 bits per heavy atom. The standard InChI is InChI=1S/C15H12Br15N3O3/c1-4(16)10(19,20)13(25,26)31-7(34)32(14(27,28)11(21,22)5(2)17)9(36)33(8(31)35)15(29,30)12(23,24)6(3)18/h4-6H,1-3H3. The molecule has 0 bridgehead atoms. The minimum Gasteiger partial charge on any atom is -0.247 e. The Bertz CT molecular complexity index is 990. The molecule has 0 saturated carbocycles. The van der Waals surface area contributed by atoms with E-state index in [1.165, 1.54) is 0 Å². The van der Waals surface area contributed by atoms with Crippen LogP contribution in [0, 0.1) is 0 Å². The molecule has 0 aromatic carbocycles. The van der Waals surface area contributed by atoms with E-state index >= 15 is 0 Å². The number of nitrogens with zero attached hydrogens (tertiary/aromatic N) is 3. The number of halogens is 15. The van der Waals surface area contributed by atoms with Crippen molar-refractivity contribution < 1.29 is 0 Å². The molecular weight excluding hydrogens is 1470 g/mol. The van der Waals surface area contributed by atoms with E-state index in [-0.39, 0.29) is 14.5 Å². The summed E-state index contributed by atoms with van der Waals surface area (Å²) in [4.78, 5) is 41.3. The molecule has 0 aliphatic rings. The summed E-state index contributed by atoms with van der Waals surface area (Å²) in [6, 6.07) is 0. The van der Waals surface area contributed by atoms with Crippen LogP contribution >= 0.6 is 239 Å². The molecule has 3 atom stereocenters. The van der Waals surface area contributed by atoms with Crippen LogP contribution in [0.25, 0.3) is 0 Å². The molecule has 0 N–H and O–H groups in total. The Balaban J connectivity index is 4.61. The second kappa shape index (κ2) is 13.5. The van der Waals surface area contributed by atoms with Gasteiger partial charge in [0.05, 0.1) is 0 Å². The molecule has 0 radical (unpaired) electrons. The normalized spacial score (nSPS) is 17.2. The number of rotatable bonds is 9. The quantitative estimate of drug-likeness (QED) is 0.232. The minimum atomic E-state index is -1.62.